The summed E-state index contributed by atoms with van der Waals surface area (Å²) in [5, 5.41) is 1.14. The number of thioether (sulfide) groups is 1. The molecule has 0 saturated carbocycles. The molecule has 1 fully saturated rings. The Bertz CT molecular complexity index is 1120. The lowest BCUT2D eigenvalue weighted by molar-refractivity contribution is -0.129. The van der Waals surface area contributed by atoms with Gasteiger partial charge in [0.25, 0.3) is 5.56 Å². The highest BCUT2D eigenvalue weighted by Crippen LogP contribution is 2.24. The van der Waals surface area contributed by atoms with Gasteiger partial charge in [0.05, 0.1) is 22.3 Å². The molecule has 0 atom stereocenters. The van der Waals surface area contributed by atoms with Crippen molar-refractivity contribution in [1.82, 2.24) is 14.5 Å². The van der Waals surface area contributed by atoms with Crippen molar-refractivity contribution in [3.63, 3.8) is 0 Å². The standard InChI is InChI=1S/C23H25N3O2S/c1-16-10-11-20(17(2)14-16)26-22(28)18-8-4-5-9-19(18)24-23(26)29-15-21(27)25-12-6-3-7-13-25/h4-5,8-11,14H,3,6-7,12-13,15H2,1-2H3. The second-order valence-corrected chi connectivity index (χ2v) is 8.51. The Kier molecular flexibility index (Phi) is 5.72. The van der Waals surface area contributed by atoms with E-state index in [9.17, 15) is 9.59 Å². The Morgan fingerprint density at radius 1 is 1.07 bits per heavy atom. The summed E-state index contributed by atoms with van der Waals surface area (Å²) in [6.45, 7) is 5.69. The number of rotatable bonds is 4. The van der Waals surface area contributed by atoms with Gasteiger partial charge in [-0.25, -0.2) is 4.98 Å². The number of likely N-dealkylation sites (tertiary alicyclic amines) is 1. The van der Waals surface area contributed by atoms with Crippen molar-refractivity contribution >= 4 is 28.6 Å². The molecule has 2 heterocycles. The average molecular weight is 408 g/mol. The molecule has 5 nitrogen and oxygen atoms in total. The number of fused-ring (bicyclic) bond motifs is 1. The van der Waals surface area contributed by atoms with E-state index in [4.69, 9.17) is 4.98 Å². The van der Waals surface area contributed by atoms with Crippen molar-refractivity contribution in [2.75, 3.05) is 18.8 Å². The maximum atomic E-state index is 13.3. The number of carbonyl (C=O) groups is 1. The number of nitrogens with zero attached hydrogens (tertiary/aromatic N) is 3. The van der Waals surface area contributed by atoms with E-state index < -0.39 is 0 Å². The Morgan fingerprint density at radius 3 is 2.59 bits per heavy atom. The topological polar surface area (TPSA) is 55.2 Å². The number of hydrogen-bond acceptors (Lipinski definition) is 4. The minimum Gasteiger partial charge on any atom is -0.342 e. The predicted octanol–water partition coefficient (Wildman–Crippen LogP) is 4.11. The van der Waals surface area contributed by atoms with Gasteiger partial charge >= 0.3 is 0 Å². The number of piperidine rings is 1. The molecule has 0 spiro atoms. The van der Waals surface area contributed by atoms with Gasteiger partial charge in [-0.05, 0) is 56.9 Å². The molecule has 0 unspecified atom stereocenters. The SMILES string of the molecule is Cc1ccc(-n2c(SCC(=O)N3CCCCC3)nc3ccccc3c2=O)c(C)c1. The van der Waals surface area contributed by atoms with E-state index in [1.807, 2.05) is 49.1 Å². The van der Waals surface area contributed by atoms with E-state index in [1.165, 1.54) is 18.2 Å². The molecule has 3 aromatic rings. The van der Waals surface area contributed by atoms with Gasteiger partial charge in [0.15, 0.2) is 5.16 Å². The number of para-hydroxylation sites is 1. The molecule has 1 saturated heterocycles. The summed E-state index contributed by atoms with van der Waals surface area (Å²) < 4.78 is 1.66. The normalized spacial score (nSPS) is 14.3. The minimum atomic E-state index is -0.101. The summed E-state index contributed by atoms with van der Waals surface area (Å²) >= 11 is 1.35. The fourth-order valence-electron chi connectivity index (χ4n) is 3.84. The molecule has 29 heavy (non-hydrogen) atoms. The highest BCUT2D eigenvalue weighted by Gasteiger charge is 2.20. The largest absolute Gasteiger partial charge is 0.342 e. The van der Waals surface area contributed by atoms with Crippen LogP contribution in [0.2, 0.25) is 0 Å². The molecule has 0 aliphatic carbocycles. The first-order chi connectivity index (χ1) is 14.0. The van der Waals surface area contributed by atoms with Crippen LogP contribution in [-0.4, -0.2) is 39.2 Å². The van der Waals surface area contributed by atoms with Crippen molar-refractivity contribution < 1.29 is 4.79 Å². The molecular weight excluding hydrogens is 382 g/mol. The lowest BCUT2D eigenvalue weighted by Crippen LogP contribution is -2.36. The lowest BCUT2D eigenvalue weighted by atomic mass is 10.1. The van der Waals surface area contributed by atoms with Crippen molar-refractivity contribution in [3.05, 3.63) is 63.9 Å². The van der Waals surface area contributed by atoms with Gasteiger partial charge in [-0.2, -0.15) is 0 Å². The lowest BCUT2D eigenvalue weighted by Gasteiger charge is -2.26. The number of carbonyl (C=O) groups excluding carboxylic acids is 1. The van der Waals surface area contributed by atoms with Gasteiger partial charge in [0, 0.05) is 13.1 Å². The number of benzene rings is 2. The Labute approximate surface area is 174 Å². The van der Waals surface area contributed by atoms with E-state index in [-0.39, 0.29) is 17.2 Å². The van der Waals surface area contributed by atoms with Crippen molar-refractivity contribution in [2.45, 2.75) is 38.3 Å². The zero-order chi connectivity index (χ0) is 20.4. The molecule has 1 amide bonds. The van der Waals surface area contributed by atoms with Gasteiger partial charge in [0.1, 0.15) is 0 Å². The van der Waals surface area contributed by atoms with Crippen LogP contribution in [0.4, 0.5) is 0 Å². The summed E-state index contributed by atoms with van der Waals surface area (Å²) in [5.74, 6) is 0.402. The zero-order valence-corrected chi connectivity index (χ0v) is 17.7. The Hall–Kier alpha value is -2.60. The molecule has 1 aliphatic rings. The second-order valence-electron chi connectivity index (χ2n) is 7.57. The van der Waals surface area contributed by atoms with E-state index in [2.05, 4.69) is 6.07 Å². The van der Waals surface area contributed by atoms with Crippen molar-refractivity contribution in [2.24, 2.45) is 0 Å². The molecular formula is C23H25N3O2S. The van der Waals surface area contributed by atoms with Gasteiger partial charge < -0.3 is 4.90 Å². The molecule has 0 radical (unpaired) electrons. The molecule has 1 aliphatic heterocycles. The third-order valence-electron chi connectivity index (χ3n) is 5.37. The summed E-state index contributed by atoms with van der Waals surface area (Å²) in [7, 11) is 0. The summed E-state index contributed by atoms with van der Waals surface area (Å²) in [6.07, 6.45) is 3.32. The first kappa shape index (κ1) is 19.7. The smallest absolute Gasteiger partial charge is 0.266 e. The van der Waals surface area contributed by atoms with Crippen LogP contribution in [0.15, 0.2) is 52.4 Å². The first-order valence-corrected chi connectivity index (χ1v) is 11.0. The number of amides is 1. The van der Waals surface area contributed by atoms with Gasteiger partial charge in [-0.15, -0.1) is 0 Å². The number of aromatic nitrogens is 2. The number of aryl methyl sites for hydroxylation is 2. The van der Waals surface area contributed by atoms with Crippen molar-refractivity contribution in [3.8, 4) is 5.69 Å². The van der Waals surface area contributed by atoms with Gasteiger partial charge in [-0.3, -0.25) is 14.2 Å². The third kappa shape index (κ3) is 4.08. The summed E-state index contributed by atoms with van der Waals surface area (Å²) in [6, 6.07) is 13.4. The maximum absolute atomic E-state index is 13.3. The predicted molar refractivity (Wildman–Crippen MR) is 118 cm³/mol. The van der Waals surface area contributed by atoms with Gasteiger partial charge in [0.2, 0.25) is 5.91 Å². The second kappa shape index (κ2) is 8.41. The van der Waals surface area contributed by atoms with Crippen LogP contribution in [0.25, 0.3) is 16.6 Å². The monoisotopic (exact) mass is 407 g/mol. The number of hydrogen-bond donors (Lipinski definition) is 0. The van der Waals surface area contributed by atoms with Crippen LogP contribution >= 0.6 is 11.8 Å². The van der Waals surface area contributed by atoms with Crippen LogP contribution in [0, 0.1) is 13.8 Å². The first-order valence-electron chi connectivity index (χ1n) is 10.0. The van der Waals surface area contributed by atoms with Crippen LogP contribution in [0.3, 0.4) is 0 Å². The summed E-state index contributed by atoms with van der Waals surface area (Å²) in [4.78, 5) is 32.7. The van der Waals surface area contributed by atoms with Crippen LogP contribution in [0.1, 0.15) is 30.4 Å². The molecule has 6 heteroatoms. The van der Waals surface area contributed by atoms with Crippen LogP contribution in [0.5, 0.6) is 0 Å². The minimum absolute atomic E-state index is 0.101. The fraction of sp³-hybridized carbons (Fsp3) is 0.348. The van der Waals surface area contributed by atoms with Crippen LogP contribution in [-0.2, 0) is 4.79 Å². The van der Waals surface area contributed by atoms with Crippen molar-refractivity contribution in [1.29, 1.82) is 0 Å². The van der Waals surface area contributed by atoms with E-state index in [1.54, 1.807) is 10.6 Å². The van der Waals surface area contributed by atoms with E-state index >= 15 is 0 Å². The average Bonchev–Trinajstić information content (AvgIpc) is 2.73. The Morgan fingerprint density at radius 2 is 1.83 bits per heavy atom. The highest BCUT2D eigenvalue weighted by molar-refractivity contribution is 7.99. The third-order valence-corrected chi connectivity index (χ3v) is 6.29. The van der Waals surface area contributed by atoms with Gasteiger partial charge in [-0.1, -0.05) is 41.6 Å². The molecule has 1 aromatic heterocycles. The zero-order valence-electron chi connectivity index (χ0n) is 16.9. The van der Waals surface area contributed by atoms with E-state index in [0.717, 1.165) is 42.7 Å². The molecule has 0 N–H and O–H groups in total. The Balaban J connectivity index is 1.75. The molecule has 2 aromatic carbocycles. The van der Waals surface area contributed by atoms with E-state index in [0.29, 0.717) is 16.1 Å². The van der Waals surface area contributed by atoms with Crippen LogP contribution < -0.4 is 5.56 Å². The molecule has 150 valence electrons. The molecule has 0 bridgehead atoms. The molecule has 4 rings (SSSR count). The fourth-order valence-corrected chi connectivity index (χ4v) is 4.75. The maximum Gasteiger partial charge on any atom is 0.266 e. The highest BCUT2D eigenvalue weighted by atomic mass is 32.2. The summed E-state index contributed by atoms with van der Waals surface area (Å²) in [5.41, 5.74) is 3.52. The quantitative estimate of drug-likeness (QED) is 0.482.